The van der Waals surface area contributed by atoms with E-state index in [9.17, 15) is 19.2 Å². The Labute approximate surface area is 138 Å². The standard InChI is InChI=1S/C16H18N4O4/c21-9-17-15(18-10-22)7-4-13(5-8-15)14-3-1-2-6-16(14,19-11-23)20-12-24/h13-14H,1-8H2. The molecular formula is C16H18N4O4. The third-order valence-electron chi connectivity index (χ3n) is 5.29. The van der Waals surface area contributed by atoms with E-state index in [2.05, 4.69) is 20.0 Å². The van der Waals surface area contributed by atoms with E-state index in [1.807, 2.05) is 0 Å². The van der Waals surface area contributed by atoms with Gasteiger partial charge in [0.2, 0.25) is 24.3 Å². The molecule has 126 valence electrons. The molecule has 2 rings (SSSR count). The molecule has 2 aliphatic rings. The minimum atomic E-state index is -1.09. The fraction of sp³-hybridized carbons (Fsp3) is 0.750. The lowest BCUT2D eigenvalue weighted by Crippen LogP contribution is -2.44. The highest BCUT2D eigenvalue weighted by Gasteiger charge is 2.48. The first-order valence-corrected chi connectivity index (χ1v) is 8.01. The van der Waals surface area contributed by atoms with Gasteiger partial charge in [0, 0.05) is 5.92 Å². The number of isocyanates is 4. The molecule has 24 heavy (non-hydrogen) atoms. The Bertz CT molecular complexity index is 620. The molecule has 0 spiro atoms. The maximum Gasteiger partial charge on any atom is 0.237 e. The fourth-order valence-corrected chi connectivity index (χ4v) is 4.16. The molecule has 0 amide bonds. The minimum absolute atomic E-state index is 0.0763. The van der Waals surface area contributed by atoms with Crippen molar-refractivity contribution in [1.82, 2.24) is 0 Å². The summed E-state index contributed by atoms with van der Waals surface area (Å²) in [6.45, 7) is 0. The third kappa shape index (κ3) is 3.53. The first kappa shape index (κ1) is 17.9. The van der Waals surface area contributed by atoms with Gasteiger partial charge in [-0.2, -0.15) is 20.0 Å². The lowest BCUT2D eigenvalue weighted by Gasteiger charge is -2.43. The molecular weight excluding hydrogens is 312 g/mol. The van der Waals surface area contributed by atoms with Gasteiger partial charge < -0.3 is 0 Å². The smallest absolute Gasteiger partial charge is 0.211 e. The zero-order valence-electron chi connectivity index (χ0n) is 13.2. The molecule has 0 aromatic carbocycles. The molecule has 0 N–H and O–H groups in total. The Balaban J connectivity index is 2.25. The molecule has 2 fully saturated rings. The van der Waals surface area contributed by atoms with Crippen molar-refractivity contribution in [2.75, 3.05) is 0 Å². The van der Waals surface area contributed by atoms with Crippen molar-refractivity contribution in [2.24, 2.45) is 31.8 Å². The van der Waals surface area contributed by atoms with Crippen LogP contribution >= 0.6 is 0 Å². The summed E-state index contributed by atoms with van der Waals surface area (Å²) in [5.41, 5.74) is -2.17. The Morgan fingerprint density at radius 2 is 1.21 bits per heavy atom. The largest absolute Gasteiger partial charge is 0.237 e. The summed E-state index contributed by atoms with van der Waals surface area (Å²) in [5, 5.41) is 0. The van der Waals surface area contributed by atoms with Crippen molar-refractivity contribution in [2.45, 2.75) is 62.7 Å². The second-order valence-corrected chi connectivity index (χ2v) is 6.36. The van der Waals surface area contributed by atoms with Crippen LogP contribution in [0, 0.1) is 11.8 Å². The van der Waals surface area contributed by atoms with Crippen molar-refractivity contribution in [3.8, 4) is 0 Å². The summed E-state index contributed by atoms with van der Waals surface area (Å²) in [7, 11) is 0. The van der Waals surface area contributed by atoms with Crippen LogP contribution in [-0.2, 0) is 19.2 Å². The number of hydrogen-bond donors (Lipinski definition) is 0. The molecule has 0 aromatic heterocycles. The molecule has 2 saturated carbocycles. The van der Waals surface area contributed by atoms with E-state index in [-0.39, 0.29) is 11.8 Å². The van der Waals surface area contributed by atoms with Crippen LogP contribution in [0.5, 0.6) is 0 Å². The summed E-state index contributed by atoms with van der Waals surface area (Å²) in [6.07, 6.45) is 11.2. The van der Waals surface area contributed by atoms with Gasteiger partial charge in [-0.05, 0) is 50.9 Å². The van der Waals surface area contributed by atoms with Gasteiger partial charge >= 0.3 is 0 Å². The quantitative estimate of drug-likeness (QED) is 0.566. The van der Waals surface area contributed by atoms with Crippen LogP contribution in [0.2, 0.25) is 0 Å². The molecule has 1 atom stereocenters. The summed E-state index contributed by atoms with van der Waals surface area (Å²) in [6, 6.07) is 0. The van der Waals surface area contributed by atoms with Crippen molar-refractivity contribution >= 4 is 24.3 Å². The van der Waals surface area contributed by atoms with E-state index in [0.29, 0.717) is 32.1 Å². The average molecular weight is 330 g/mol. The van der Waals surface area contributed by atoms with Crippen molar-refractivity contribution < 1.29 is 19.2 Å². The Morgan fingerprint density at radius 1 is 0.667 bits per heavy atom. The zero-order valence-corrected chi connectivity index (χ0v) is 13.2. The van der Waals surface area contributed by atoms with E-state index in [4.69, 9.17) is 0 Å². The highest BCUT2D eigenvalue weighted by atomic mass is 16.1. The first-order chi connectivity index (χ1) is 11.7. The van der Waals surface area contributed by atoms with Crippen LogP contribution in [0.4, 0.5) is 0 Å². The second kappa shape index (κ2) is 7.87. The number of hydrogen-bond acceptors (Lipinski definition) is 8. The number of aliphatic imine (C=N–C) groups is 4. The summed E-state index contributed by atoms with van der Waals surface area (Å²) >= 11 is 0. The first-order valence-electron chi connectivity index (χ1n) is 8.01. The van der Waals surface area contributed by atoms with Gasteiger partial charge in [0.1, 0.15) is 0 Å². The maximum atomic E-state index is 10.9. The summed E-state index contributed by atoms with van der Waals surface area (Å²) < 4.78 is 0. The van der Waals surface area contributed by atoms with Gasteiger partial charge in [-0.3, -0.25) is 0 Å². The zero-order chi connectivity index (χ0) is 17.5. The Morgan fingerprint density at radius 3 is 1.71 bits per heavy atom. The monoisotopic (exact) mass is 330 g/mol. The highest BCUT2D eigenvalue weighted by Crippen LogP contribution is 2.48. The summed E-state index contributed by atoms with van der Waals surface area (Å²) in [4.78, 5) is 58.0. The SMILES string of the molecule is O=C=NC1(N=C=O)CCC(C2CCCCC2(N=C=O)N=C=O)CC1. The molecule has 0 aromatic rings. The topological polar surface area (TPSA) is 118 Å². The second-order valence-electron chi connectivity index (χ2n) is 6.36. The van der Waals surface area contributed by atoms with Crippen LogP contribution < -0.4 is 0 Å². The number of nitrogens with zero attached hydrogens (tertiary/aromatic N) is 4. The molecule has 0 bridgehead atoms. The molecule has 2 aliphatic carbocycles. The maximum absolute atomic E-state index is 10.9. The van der Waals surface area contributed by atoms with E-state index in [1.54, 1.807) is 12.2 Å². The highest BCUT2D eigenvalue weighted by molar-refractivity contribution is 5.40. The molecule has 0 heterocycles. The molecule has 0 aliphatic heterocycles. The number of carbonyl (C=O) groups excluding carboxylic acids is 4. The third-order valence-corrected chi connectivity index (χ3v) is 5.29. The predicted molar refractivity (Wildman–Crippen MR) is 81.9 cm³/mol. The Hall–Kier alpha value is -2.48. The van der Waals surface area contributed by atoms with Gasteiger partial charge in [-0.25, -0.2) is 19.2 Å². The van der Waals surface area contributed by atoms with Gasteiger partial charge in [0.15, 0.2) is 11.3 Å². The molecule has 1 unspecified atom stereocenters. The van der Waals surface area contributed by atoms with E-state index in [0.717, 1.165) is 19.3 Å². The molecule has 8 heteroatoms. The summed E-state index contributed by atoms with van der Waals surface area (Å²) in [5.74, 6) is 0.0592. The van der Waals surface area contributed by atoms with Crippen LogP contribution in [0.1, 0.15) is 51.4 Å². The van der Waals surface area contributed by atoms with Crippen LogP contribution in [0.25, 0.3) is 0 Å². The normalized spacial score (nSPS) is 35.3. The Kier molecular flexibility index (Phi) is 5.86. The van der Waals surface area contributed by atoms with Crippen LogP contribution in [0.3, 0.4) is 0 Å². The molecule has 0 saturated heterocycles. The molecule has 8 nitrogen and oxygen atoms in total. The lowest BCUT2D eigenvalue weighted by atomic mass is 9.66. The van der Waals surface area contributed by atoms with Gasteiger partial charge in [0.25, 0.3) is 0 Å². The van der Waals surface area contributed by atoms with Crippen molar-refractivity contribution in [3.05, 3.63) is 0 Å². The van der Waals surface area contributed by atoms with Crippen molar-refractivity contribution in [3.63, 3.8) is 0 Å². The minimum Gasteiger partial charge on any atom is -0.211 e. The predicted octanol–water partition coefficient (Wildman–Crippen LogP) is 2.10. The van der Waals surface area contributed by atoms with Crippen LogP contribution in [-0.4, -0.2) is 35.6 Å². The fourth-order valence-electron chi connectivity index (χ4n) is 4.16. The van der Waals surface area contributed by atoms with Gasteiger partial charge in [0.05, 0.1) is 0 Å². The van der Waals surface area contributed by atoms with Gasteiger partial charge in [-0.15, -0.1) is 0 Å². The lowest BCUT2D eigenvalue weighted by molar-refractivity contribution is 0.0891. The van der Waals surface area contributed by atoms with E-state index < -0.39 is 11.3 Å². The van der Waals surface area contributed by atoms with Crippen molar-refractivity contribution in [1.29, 1.82) is 0 Å². The van der Waals surface area contributed by atoms with Gasteiger partial charge in [-0.1, -0.05) is 6.42 Å². The number of rotatable bonds is 5. The average Bonchev–Trinajstić information content (AvgIpc) is 2.57. The van der Waals surface area contributed by atoms with E-state index in [1.165, 1.54) is 12.2 Å². The van der Waals surface area contributed by atoms with E-state index >= 15 is 0 Å². The molecule has 0 radical (unpaired) electrons. The van der Waals surface area contributed by atoms with Crippen LogP contribution in [0.15, 0.2) is 20.0 Å².